The van der Waals surface area contributed by atoms with Crippen LogP contribution in [0.3, 0.4) is 0 Å². The molecule has 0 fully saturated rings. The second-order valence-electron chi connectivity index (χ2n) is 4.46. The fourth-order valence-electron chi connectivity index (χ4n) is 1.87. The third-order valence-corrected chi connectivity index (χ3v) is 5.65. The smallest absolute Gasteiger partial charge is 0.257 e. The minimum absolute atomic E-state index is 0.00634. The fraction of sp³-hybridized carbons (Fsp3) is 0.133. The third kappa shape index (κ3) is 3.43. The zero-order valence-corrected chi connectivity index (χ0v) is 14.0. The van der Waals surface area contributed by atoms with Crippen LogP contribution in [0.2, 0.25) is 10.0 Å². The van der Waals surface area contributed by atoms with Crippen molar-refractivity contribution in [1.82, 2.24) is 0 Å². The first kappa shape index (κ1) is 16.8. The van der Waals surface area contributed by atoms with E-state index in [0.717, 1.165) is 0 Å². The van der Waals surface area contributed by atoms with Gasteiger partial charge in [-0.05, 0) is 24.3 Å². The van der Waals surface area contributed by atoms with Gasteiger partial charge in [0, 0.05) is 0 Å². The Kier molecular flexibility index (Phi) is 5.11. The molecule has 116 valence electrons. The lowest BCUT2D eigenvalue weighted by Crippen LogP contribution is -2.17. The van der Waals surface area contributed by atoms with Crippen molar-refractivity contribution >= 4 is 44.6 Å². The molecule has 22 heavy (non-hydrogen) atoms. The minimum atomic E-state index is -3.50. The number of anilines is 1. The number of halogens is 2. The molecule has 1 amide bonds. The van der Waals surface area contributed by atoms with Crippen molar-refractivity contribution in [2.75, 3.05) is 11.1 Å². The molecule has 0 unspecified atom stereocenters. The summed E-state index contributed by atoms with van der Waals surface area (Å²) in [6.07, 6.45) is 0. The van der Waals surface area contributed by atoms with Crippen LogP contribution in [0.5, 0.6) is 0 Å². The van der Waals surface area contributed by atoms with Crippen molar-refractivity contribution in [3.05, 3.63) is 58.1 Å². The molecule has 2 aromatic rings. The van der Waals surface area contributed by atoms with Gasteiger partial charge in [-0.25, -0.2) is 8.42 Å². The van der Waals surface area contributed by atoms with Gasteiger partial charge in [-0.2, -0.15) is 0 Å². The van der Waals surface area contributed by atoms with Gasteiger partial charge in [0.05, 0.1) is 31.9 Å². The van der Waals surface area contributed by atoms with E-state index in [9.17, 15) is 13.2 Å². The predicted octanol–water partition coefficient (Wildman–Crippen LogP) is 4.04. The summed E-state index contributed by atoms with van der Waals surface area (Å²) in [7, 11) is -3.50. The van der Waals surface area contributed by atoms with Gasteiger partial charge in [-0.1, -0.05) is 48.3 Å². The van der Waals surface area contributed by atoms with Crippen LogP contribution >= 0.6 is 23.2 Å². The maximum Gasteiger partial charge on any atom is 0.257 e. The Balaban J connectivity index is 2.41. The van der Waals surface area contributed by atoms with E-state index in [1.54, 1.807) is 30.3 Å². The molecular formula is C15H13Cl2NO3S. The topological polar surface area (TPSA) is 63.2 Å². The van der Waals surface area contributed by atoms with E-state index in [4.69, 9.17) is 23.2 Å². The Hall–Kier alpha value is -1.56. The molecule has 0 heterocycles. The summed E-state index contributed by atoms with van der Waals surface area (Å²) in [5, 5.41) is 3.09. The number of hydrogen-bond donors (Lipinski definition) is 1. The normalized spacial score (nSPS) is 11.2. The van der Waals surface area contributed by atoms with Crippen molar-refractivity contribution in [1.29, 1.82) is 0 Å². The predicted molar refractivity (Wildman–Crippen MR) is 88.6 cm³/mol. The van der Waals surface area contributed by atoms with Gasteiger partial charge in [0.15, 0.2) is 9.84 Å². The number of amides is 1. The van der Waals surface area contributed by atoms with Gasteiger partial charge in [-0.3, -0.25) is 4.79 Å². The molecule has 0 aliphatic carbocycles. The molecule has 0 aliphatic heterocycles. The molecular weight excluding hydrogens is 345 g/mol. The highest BCUT2D eigenvalue weighted by Gasteiger charge is 2.21. The summed E-state index contributed by atoms with van der Waals surface area (Å²) < 4.78 is 24.1. The standard InChI is InChI=1S/C15H13Cl2NO3S/c1-2-22(20,21)13-9-4-3-6-10(13)15(19)18-12-8-5-7-11(16)14(12)17/h3-9H,2H2,1H3,(H,18,19). The Morgan fingerprint density at radius 3 is 2.45 bits per heavy atom. The molecule has 0 saturated carbocycles. The fourth-order valence-corrected chi connectivity index (χ4v) is 3.31. The van der Waals surface area contributed by atoms with Crippen LogP contribution in [0.25, 0.3) is 0 Å². The van der Waals surface area contributed by atoms with Crippen molar-refractivity contribution in [2.45, 2.75) is 11.8 Å². The van der Waals surface area contributed by atoms with Crippen LogP contribution < -0.4 is 5.32 Å². The van der Waals surface area contributed by atoms with Crippen LogP contribution in [0.1, 0.15) is 17.3 Å². The first-order chi connectivity index (χ1) is 10.4. The first-order valence-electron chi connectivity index (χ1n) is 6.44. The summed E-state index contributed by atoms with van der Waals surface area (Å²) in [5.41, 5.74) is 0.392. The number of benzene rings is 2. The SMILES string of the molecule is CCS(=O)(=O)c1ccccc1C(=O)Nc1cccc(Cl)c1Cl. The highest BCUT2D eigenvalue weighted by Crippen LogP contribution is 2.30. The van der Waals surface area contributed by atoms with Gasteiger partial charge >= 0.3 is 0 Å². The number of carbonyl (C=O) groups is 1. The highest BCUT2D eigenvalue weighted by molar-refractivity contribution is 7.91. The lowest BCUT2D eigenvalue weighted by atomic mass is 10.2. The van der Waals surface area contributed by atoms with Crippen LogP contribution in [0.15, 0.2) is 47.4 Å². The van der Waals surface area contributed by atoms with Crippen LogP contribution in [0.4, 0.5) is 5.69 Å². The Bertz CT molecular complexity index is 819. The summed E-state index contributed by atoms with van der Waals surface area (Å²) in [6, 6.07) is 10.9. The number of sulfone groups is 1. The molecule has 0 saturated heterocycles. The zero-order valence-electron chi connectivity index (χ0n) is 11.6. The van der Waals surface area contributed by atoms with E-state index < -0.39 is 15.7 Å². The molecule has 1 N–H and O–H groups in total. The van der Waals surface area contributed by atoms with Gasteiger partial charge in [0.25, 0.3) is 5.91 Å². The number of rotatable bonds is 4. The van der Waals surface area contributed by atoms with E-state index in [1.807, 2.05) is 0 Å². The Morgan fingerprint density at radius 2 is 1.77 bits per heavy atom. The Morgan fingerprint density at radius 1 is 1.09 bits per heavy atom. The second kappa shape index (κ2) is 6.69. The van der Waals surface area contributed by atoms with Crippen LogP contribution in [-0.2, 0) is 9.84 Å². The zero-order chi connectivity index (χ0) is 16.3. The maximum atomic E-state index is 12.4. The van der Waals surface area contributed by atoms with Crippen molar-refractivity contribution in [2.24, 2.45) is 0 Å². The van der Waals surface area contributed by atoms with Crippen molar-refractivity contribution in [3.8, 4) is 0 Å². The van der Waals surface area contributed by atoms with Gasteiger partial charge in [0.1, 0.15) is 0 Å². The quantitative estimate of drug-likeness (QED) is 0.897. The molecule has 2 rings (SSSR count). The van der Waals surface area contributed by atoms with Crippen LogP contribution in [-0.4, -0.2) is 20.1 Å². The number of nitrogens with one attached hydrogen (secondary N) is 1. The molecule has 0 aliphatic rings. The summed E-state index contributed by atoms with van der Waals surface area (Å²) in [6.45, 7) is 1.53. The van der Waals surface area contributed by atoms with E-state index in [0.29, 0.717) is 10.7 Å². The summed E-state index contributed by atoms with van der Waals surface area (Å²) in [4.78, 5) is 12.4. The number of carbonyl (C=O) groups excluding carboxylic acids is 1. The van der Waals surface area contributed by atoms with Crippen molar-refractivity contribution < 1.29 is 13.2 Å². The summed E-state index contributed by atoms with van der Waals surface area (Å²) in [5.74, 6) is -0.647. The average molecular weight is 358 g/mol. The average Bonchev–Trinajstić information content (AvgIpc) is 2.51. The minimum Gasteiger partial charge on any atom is -0.321 e. The molecule has 2 aromatic carbocycles. The lowest BCUT2D eigenvalue weighted by Gasteiger charge is -2.11. The highest BCUT2D eigenvalue weighted by atomic mass is 35.5. The first-order valence-corrected chi connectivity index (χ1v) is 8.84. The summed E-state index contributed by atoms with van der Waals surface area (Å²) >= 11 is 11.9. The molecule has 7 heteroatoms. The third-order valence-electron chi connectivity index (χ3n) is 3.05. The van der Waals surface area contributed by atoms with Gasteiger partial charge < -0.3 is 5.32 Å². The Labute approximate surface area is 139 Å². The second-order valence-corrected chi connectivity index (χ2v) is 7.49. The maximum absolute atomic E-state index is 12.4. The van der Waals surface area contributed by atoms with E-state index >= 15 is 0 Å². The van der Waals surface area contributed by atoms with Gasteiger partial charge in [0.2, 0.25) is 0 Å². The van der Waals surface area contributed by atoms with E-state index in [-0.39, 0.29) is 21.2 Å². The van der Waals surface area contributed by atoms with E-state index in [1.165, 1.54) is 19.1 Å². The molecule has 0 bridgehead atoms. The molecule has 0 radical (unpaired) electrons. The largest absolute Gasteiger partial charge is 0.321 e. The molecule has 0 aromatic heterocycles. The molecule has 0 spiro atoms. The number of hydrogen-bond acceptors (Lipinski definition) is 3. The van der Waals surface area contributed by atoms with Crippen molar-refractivity contribution in [3.63, 3.8) is 0 Å². The molecule has 0 atom stereocenters. The monoisotopic (exact) mass is 357 g/mol. The lowest BCUT2D eigenvalue weighted by molar-refractivity contribution is 0.102. The van der Waals surface area contributed by atoms with Crippen LogP contribution in [0, 0.1) is 0 Å². The molecule has 4 nitrogen and oxygen atoms in total. The van der Waals surface area contributed by atoms with Gasteiger partial charge in [-0.15, -0.1) is 0 Å². The van der Waals surface area contributed by atoms with E-state index in [2.05, 4.69) is 5.32 Å².